The summed E-state index contributed by atoms with van der Waals surface area (Å²) in [6, 6.07) is 7.29. The Morgan fingerprint density at radius 1 is 1.06 bits per heavy atom. The maximum Gasteiger partial charge on any atom is 0.445 e. The number of rotatable bonds is 8. The molecule has 1 atom stereocenters. The molecule has 3 aromatic rings. The van der Waals surface area contributed by atoms with Gasteiger partial charge in [-0.05, 0) is 76.8 Å². The first-order valence-corrected chi connectivity index (χ1v) is 15.7. The number of halogens is 6. The zero-order valence-corrected chi connectivity index (χ0v) is 27.3. The van der Waals surface area contributed by atoms with Gasteiger partial charge in [0.15, 0.2) is 12.7 Å². The van der Waals surface area contributed by atoms with Crippen molar-refractivity contribution in [1.29, 1.82) is 0 Å². The summed E-state index contributed by atoms with van der Waals surface area (Å²) in [6.07, 6.45) is 2.86. The third-order valence-corrected chi connectivity index (χ3v) is 8.20. The lowest BCUT2D eigenvalue weighted by Crippen LogP contribution is -2.40. The summed E-state index contributed by atoms with van der Waals surface area (Å²) in [4.78, 5) is 39.6. The molecule has 0 spiro atoms. The fourth-order valence-corrected chi connectivity index (χ4v) is 5.63. The van der Waals surface area contributed by atoms with E-state index in [-0.39, 0.29) is 39.0 Å². The number of hydrogen-bond donors (Lipinski definition) is 0. The molecule has 1 unspecified atom stereocenters. The number of imide groups is 1. The van der Waals surface area contributed by atoms with Crippen molar-refractivity contribution in [3.05, 3.63) is 69.2 Å². The Bertz CT molecular complexity index is 1740. The molecule has 0 saturated heterocycles. The van der Waals surface area contributed by atoms with Crippen LogP contribution in [0.15, 0.2) is 47.5 Å². The van der Waals surface area contributed by atoms with Crippen LogP contribution in [0.5, 0.6) is 10.9 Å². The quantitative estimate of drug-likeness (QED) is 0.139. The lowest BCUT2D eigenvalue weighted by Gasteiger charge is -2.26. The molecule has 9 nitrogen and oxygen atoms in total. The van der Waals surface area contributed by atoms with E-state index in [9.17, 15) is 36.3 Å². The summed E-state index contributed by atoms with van der Waals surface area (Å²) in [5.41, 5.74) is 1.26. The smallest absolute Gasteiger partial charge is 0.445 e. The average molecular weight is 711 g/mol. The van der Waals surface area contributed by atoms with E-state index in [1.807, 2.05) is 0 Å². The molecule has 0 N–H and O–H groups in total. The normalized spacial score (nSPS) is 15.1. The molecule has 0 saturated carbocycles. The van der Waals surface area contributed by atoms with E-state index in [4.69, 9.17) is 27.5 Å². The highest BCUT2D eigenvalue weighted by molar-refractivity contribution is 7.13. The van der Waals surface area contributed by atoms with Crippen LogP contribution in [0.4, 0.5) is 33.3 Å². The van der Waals surface area contributed by atoms with Crippen LogP contribution in [0, 0.1) is 24.0 Å². The van der Waals surface area contributed by atoms with Crippen LogP contribution in [-0.2, 0) is 20.6 Å². The number of terminal acetylenes is 1. The van der Waals surface area contributed by atoms with Crippen molar-refractivity contribution in [3.63, 3.8) is 0 Å². The van der Waals surface area contributed by atoms with E-state index >= 15 is 0 Å². The molecular formula is C32H28ClF5N4O5S. The number of benzene rings is 2. The zero-order chi connectivity index (χ0) is 35.3. The van der Waals surface area contributed by atoms with E-state index in [0.29, 0.717) is 29.7 Å². The Morgan fingerprint density at radius 3 is 2.19 bits per heavy atom. The van der Waals surface area contributed by atoms with Gasteiger partial charge in [-0.1, -0.05) is 34.0 Å². The van der Waals surface area contributed by atoms with Crippen molar-refractivity contribution < 1.29 is 45.8 Å². The molecule has 1 aliphatic heterocycles. The van der Waals surface area contributed by atoms with E-state index in [2.05, 4.69) is 16.1 Å². The van der Waals surface area contributed by atoms with Gasteiger partial charge >= 0.3 is 6.18 Å². The maximum atomic E-state index is 14.4. The van der Waals surface area contributed by atoms with Crippen molar-refractivity contribution in [2.45, 2.75) is 64.8 Å². The Labute approximate surface area is 281 Å². The van der Waals surface area contributed by atoms with Gasteiger partial charge in [0.2, 0.25) is 5.01 Å². The van der Waals surface area contributed by atoms with Crippen LogP contribution in [0.1, 0.15) is 51.5 Å². The van der Waals surface area contributed by atoms with Crippen molar-refractivity contribution in [1.82, 2.24) is 10.2 Å². The van der Waals surface area contributed by atoms with Gasteiger partial charge in [0.25, 0.3) is 22.9 Å². The molecular weight excluding hydrogens is 683 g/mol. The second kappa shape index (κ2) is 15.1. The molecule has 1 aliphatic carbocycles. The highest BCUT2D eigenvalue weighted by Gasteiger charge is 2.41. The summed E-state index contributed by atoms with van der Waals surface area (Å²) in [6.45, 7) is 4.61. The lowest BCUT2D eigenvalue weighted by molar-refractivity contribution is -0.138. The van der Waals surface area contributed by atoms with Gasteiger partial charge in [-0.25, -0.2) is 13.7 Å². The highest BCUT2D eigenvalue weighted by Crippen LogP contribution is 2.40. The van der Waals surface area contributed by atoms with Crippen molar-refractivity contribution in [3.8, 4) is 23.3 Å². The number of alkyl halides is 3. The fraction of sp³-hybridized carbons (Fsp3) is 0.344. The SMILES string of the molecule is C#CC(C)Oc1cc(N2C(=O)C3=C(CCCC3)C2=O)c(F)cc1Cl.CC(C)N(C(=O)COc1nnc(C(F)(F)F)s1)c1ccc(F)cc1. The molecule has 254 valence electrons. The number of ether oxygens (including phenoxy) is 2. The van der Waals surface area contributed by atoms with Gasteiger partial charge in [-0.3, -0.25) is 14.4 Å². The first kappa shape index (κ1) is 36.3. The average Bonchev–Trinajstić information content (AvgIpc) is 3.62. The predicted molar refractivity (Wildman–Crippen MR) is 168 cm³/mol. The van der Waals surface area contributed by atoms with Crippen LogP contribution >= 0.6 is 22.9 Å². The zero-order valence-electron chi connectivity index (χ0n) is 25.7. The largest absolute Gasteiger partial charge is 0.476 e. The summed E-state index contributed by atoms with van der Waals surface area (Å²) in [5.74, 6) is -0.137. The number of aromatic nitrogens is 2. The minimum atomic E-state index is -4.61. The van der Waals surface area contributed by atoms with E-state index in [0.717, 1.165) is 23.8 Å². The minimum Gasteiger partial charge on any atom is -0.476 e. The maximum absolute atomic E-state index is 14.4. The first-order chi connectivity index (χ1) is 22.6. The molecule has 1 aromatic heterocycles. The monoisotopic (exact) mass is 710 g/mol. The molecule has 2 aromatic carbocycles. The molecule has 0 bridgehead atoms. The number of carbonyl (C=O) groups is 3. The van der Waals surface area contributed by atoms with E-state index < -0.39 is 53.3 Å². The van der Waals surface area contributed by atoms with E-state index in [1.165, 1.54) is 35.2 Å². The number of anilines is 2. The van der Waals surface area contributed by atoms with Gasteiger partial charge in [-0.2, -0.15) is 13.2 Å². The predicted octanol–water partition coefficient (Wildman–Crippen LogP) is 7.14. The topological polar surface area (TPSA) is 102 Å². The van der Waals surface area contributed by atoms with E-state index in [1.54, 1.807) is 20.8 Å². The number of nitrogens with zero attached hydrogens (tertiary/aromatic N) is 4. The lowest BCUT2D eigenvalue weighted by atomic mass is 9.93. The Morgan fingerprint density at radius 2 is 1.67 bits per heavy atom. The highest BCUT2D eigenvalue weighted by atomic mass is 35.5. The first-order valence-electron chi connectivity index (χ1n) is 14.5. The Hall–Kier alpha value is -4.55. The van der Waals surface area contributed by atoms with Crippen molar-refractivity contribution in [2.75, 3.05) is 16.4 Å². The molecule has 3 amide bonds. The number of hydrogen-bond acceptors (Lipinski definition) is 8. The van der Waals surface area contributed by atoms with Gasteiger partial charge in [0, 0.05) is 28.9 Å². The van der Waals surface area contributed by atoms with Crippen LogP contribution in [0.2, 0.25) is 5.02 Å². The summed E-state index contributed by atoms with van der Waals surface area (Å²) >= 11 is 6.18. The molecule has 2 aliphatic rings. The molecule has 5 rings (SSSR count). The van der Waals surface area contributed by atoms with Crippen LogP contribution in [0.25, 0.3) is 0 Å². The van der Waals surface area contributed by atoms with Gasteiger partial charge in [0.1, 0.15) is 17.4 Å². The minimum absolute atomic E-state index is 0.0233. The third kappa shape index (κ3) is 8.29. The molecule has 2 heterocycles. The fourth-order valence-electron chi connectivity index (χ4n) is 4.87. The van der Waals surface area contributed by atoms with Crippen LogP contribution in [0.3, 0.4) is 0 Å². The Kier molecular flexibility index (Phi) is 11.4. The molecule has 0 fully saturated rings. The van der Waals surface area contributed by atoms with Gasteiger partial charge in [0.05, 0.1) is 10.7 Å². The molecule has 16 heteroatoms. The van der Waals surface area contributed by atoms with Crippen LogP contribution in [-0.4, -0.2) is 46.7 Å². The number of amides is 3. The molecule has 0 radical (unpaired) electrons. The summed E-state index contributed by atoms with van der Waals surface area (Å²) in [5, 5.41) is 4.74. The molecule has 48 heavy (non-hydrogen) atoms. The second-order valence-electron chi connectivity index (χ2n) is 10.8. The van der Waals surface area contributed by atoms with Crippen molar-refractivity contribution >= 4 is 52.0 Å². The van der Waals surface area contributed by atoms with Crippen molar-refractivity contribution in [2.24, 2.45) is 0 Å². The second-order valence-corrected chi connectivity index (χ2v) is 12.1. The Balaban J connectivity index is 0.000000217. The number of carbonyl (C=O) groups excluding carboxylic acids is 3. The van der Waals surface area contributed by atoms with Gasteiger partial charge in [-0.15, -0.1) is 11.5 Å². The third-order valence-electron chi connectivity index (χ3n) is 7.03. The summed E-state index contributed by atoms with van der Waals surface area (Å²) in [7, 11) is 0. The van der Waals surface area contributed by atoms with Crippen LogP contribution < -0.4 is 19.3 Å². The summed E-state index contributed by atoms with van der Waals surface area (Å²) < 4.78 is 75.1. The standard InChI is InChI=1S/C18H15ClFNO3.C14H13F4N3O2S/c1-3-10(2)24-16-9-15(14(20)8-13(16)19)21-17(22)11-6-4-5-7-12(11)18(21)23;1-8(2)21(10-5-3-9(15)4-6-10)11(22)7-23-13-20-19-12(24-13)14(16,17)18/h1,8-10H,4-7H2,2H3;3-6,8H,7H2,1-2H3. The van der Waals surface area contributed by atoms with Gasteiger partial charge < -0.3 is 14.4 Å².